The molecule has 3 atom stereocenters. The van der Waals surface area contributed by atoms with Crippen LogP contribution >= 0.6 is 0 Å². The number of aliphatic imine (C=N–C) groups is 1. The fourth-order valence-electron chi connectivity index (χ4n) is 4.17. The standard InChI is InChI=1S/C19H28N4O2/c1-20-19(23-16-11-15-8-9-17(16)24-15)22-12-13-5-4-10-21-18(13)25-14-6-2-3-7-14/h4-5,10,14-17H,2-3,6-9,11-12H2,1H3,(H2,20,22,23). The number of hydrogen-bond donors (Lipinski definition) is 2. The monoisotopic (exact) mass is 344 g/mol. The first-order chi connectivity index (χ1) is 12.3. The number of hydrogen-bond acceptors (Lipinski definition) is 4. The number of pyridine rings is 1. The van der Waals surface area contributed by atoms with Crippen molar-refractivity contribution in [1.29, 1.82) is 0 Å². The molecule has 3 aliphatic rings. The van der Waals surface area contributed by atoms with Gasteiger partial charge in [0.1, 0.15) is 6.10 Å². The zero-order valence-corrected chi connectivity index (χ0v) is 14.9. The molecule has 136 valence electrons. The maximum Gasteiger partial charge on any atom is 0.218 e. The summed E-state index contributed by atoms with van der Waals surface area (Å²) < 4.78 is 12.0. The maximum absolute atomic E-state index is 6.11. The van der Waals surface area contributed by atoms with Gasteiger partial charge in [0.05, 0.1) is 18.2 Å². The van der Waals surface area contributed by atoms with Gasteiger partial charge in [0.15, 0.2) is 5.96 Å². The van der Waals surface area contributed by atoms with Gasteiger partial charge in [-0.25, -0.2) is 4.98 Å². The SMILES string of the molecule is CN=C(NCc1cccnc1OC1CCCC1)NC1CC2CCC1O2. The van der Waals surface area contributed by atoms with E-state index in [4.69, 9.17) is 9.47 Å². The summed E-state index contributed by atoms with van der Waals surface area (Å²) in [5.41, 5.74) is 1.07. The lowest BCUT2D eigenvalue weighted by Crippen LogP contribution is -2.47. The van der Waals surface area contributed by atoms with E-state index in [9.17, 15) is 0 Å². The largest absolute Gasteiger partial charge is 0.474 e. The van der Waals surface area contributed by atoms with Gasteiger partial charge in [-0.15, -0.1) is 0 Å². The van der Waals surface area contributed by atoms with Gasteiger partial charge in [-0.3, -0.25) is 4.99 Å². The highest BCUT2D eigenvalue weighted by atomic mass is 16.5. The van der Waals surface area contributed by atoms with E-state index in [0.717, 1.165) is 43.1 Å². The van der Waals surface area contributed by atoms with Gasteiger partial charge in [0, 0.05) is 25.4 Å². The Bertz CT molecular complexity index is 615. The van der Waals surface area contributed by atoms with Crippen LogP contribution in [0.4, 0.5) is 0 Å². The summed E-state index contributed by atoms with van der Waals surface area (Å²) in [4.78, 5) is 8.80. The minimum atomic E-state index is 0.317. The Morgan fingerprint density at radius 1 is 1.32 bits per heavy atom. The number of aromatic nitrogens is 1. The van der Waals surface area contributed by atoms with Crippen molar-refractivity contribution in [3.05, 3.63) is 23.9 Å². The van der Waals surface area contributed by atoms with Crippen molar-refractivity contribution in [3.63, 3.8) is 0 Å². The molecule has 0 amide bonds. The first kappa shape index (κ1) is 16.6. The molecule has 1 aliphatic carbocycles. The highest BCUT2D eigenvalue weighted by Crippen LogP contribution is 2.34. The van der Waals surface area contributed by atoms with Crippen LogP contribution in [0.3, 0.4) is 0 Å². The molecule has 2 N–H and O–H groups in total. The van der Waals surface area contributed by atoms with Crippen LogP contribution < -0.4 is 15.4 Å². The maximum atomic E-state index is 6.11. The van der Waals surface area contributed by atoms with E-state index in [2.05, 4.69) is 26.7 Å². The molecule has 0 radical (unpaired) electrons. The lowest BCUT2D eigenvalue weighted by Gasteiger charge is -2.23. The molecule has 6 nitrogen and oxygen atoms in total. The van der Waals surface area contributed by atoms with Gasteiger partial charge < -0.3 is 20.1 Å². The van der Waals surface area contributed by atoms with Gasteiger partial charge >= 0.3 is 0 Å². The Hall–Kier alpha value is -1.82. The molecule has 2 aliphatic heterocycles. The average molecular weight is 344 g/mol. The molecule has 3 fully saturated rings. The van der Waals surface area contributed by atoms with Crippen molar-refractivity contribution in [3.8, 4) is 5.88 Å². The number of guanidine groups is 1. The fraction of sp³-hybridized carbons (Fsp3) is 0.684. The van der Waals surface area contributed by atoms with Crippen LogP contribution in [-0.2, 0) is 11.3 Å². The molecule has 3 unspecified atom stereocenters. The Morgan fingerprint density at radius 3 is 2.92 bits per heavy atom. The predicted molar refractivity (Wildman–Crippen MR) is 96.8 cm³/mol. The molecule has 1 aromatic rings. The summed E-state index contributed by atoms with van der Waals surface area (Å²) in [6.07, 6.45) is 11.1. The van der Waals surface area contributed by atoms with E-state index in [0.29, 0.717) is 30.9 Å². The van der Waals surface area contributed by atoms with E-state index in [-0.39, 0.29) is 0 Å². The van der Waals surface area contributed by atoms with Gasteiger partial charge in [0.2, 0.25) is 5.88 Å². The second-order valence-corrected chi connectivity index (χ2v) is 7.28. The van der Waals surface area contributed by atoms with Gasteiger partial charge in [-0.2, -0.15) is 0 Å². The average Bonchev–Trinajstić information content (AvgIpc) is 3.38. The van der Waals surface area contributed by atoms with Crippen molar-refractivity contribution in [1.82, 2.24) is 15.6 Å². The Balaban J connectivity index is 1.33. The van der Waals surface area contributed by atoms with Crippen molar-refractivity contribution in [2.75, 3.05) is 7.05 Å². The Labute approximate surface area is 149 Å². The second kappa shape index (κ2) is 7.60. The lowest BCUT2D eigenvalue weighted by atomic mass is 9.96. The zero-order chi connectivity index (χ0) is 17.1. The summed E-state index contributed by atoms with van der Waals surface area (Å²) in [5.74, 6) is 1.57. The summed E-state index contributed by atoms with van der Waals surface area (Å²) in [7, 11) is 1.81. The van der Waals surface area contributed by atoms with E-state index < -0.39 is 0 Å². The van der Waals surface area contributed by atoms with E-state index in [1.807, 2.05) is 13.1 Å². The smallest absolute Gasteiger partial charge is 0.218 e. The highest BCUT2D eigenvalue weighted by molar-refractivity contribution is 5.80. The molecule has 0 aromatic carbocycles. The van der Waals surface area contributed by atoms with Crippen LogP contribution in [-0.4, -0.2) is 42.3 Å². The number of fused-ring (bicyclic) bond motifs is 2. The topological polar surface area (TPSA) is 67.8 Å². The van der Waals surface area contributed by atoms with E-state index in [1.165, 1.54) is 19.3 Å². The van der Waals surface area contributed by atoms with E-state index >= 15 is 0 Å². The molecule has 2 bridgehead atoms. The molecular formula is C19H28N4O2. The number of rotatable bonds is 5. The quantitative estimate of drug-likeness (QED) is 0.634. The third kappa shape index (κ3) is 3.89. The fourth-order valence-corrected chi connectivity index (χ4v) is 4.17. The zero-order valence-electron chi connectivity index (χ0n) is 14.9. The minimum absolute atomic E-state index is 0.317. The summed E-state index contributed by atoms with van der Waals surface area (Å²) in [5, 5.41) is 6.91. The molecule has 4 rings (SSSR count). The van der Waals surface area contributed by atoms with Crippen molar-refractivity contribution in [2.45, 2.75) is 75.8 Å². The van der Waals surface area contributed by atoms with Crippen LogP contribution in [0.25, 0.3) is 0 Å². The van der Waals surface area contributed by atoms with Crippen LogP contribution in [0.1, 0.15) is 50.5 Å². The van der Waals surface area contributed by atoms with Crippen molar-refractivity contribution in [2.24, 2.45) is 4.99 Å². The molecular weight excluding hydrogens is 316 g/mol. The first-order valence-electron chi connectivity index (χ1n) is 9.55. The van der Waals surface area contributed by atoms with Crippen LogP contribution in [0.5, 0.6) is 5.88 Å². The molecule has 2 saturated heterocycles. The normalized spacial score (nSPS) is 29.2. The first-order valence-corrected chi connectivity index (χ1v) is 9.55. The highest BCUT2D eigenvalue weighted by Gasteiger charge is 2.41. The third-order valence-electron chi connectivity index (χ3n) is 5.53. The third-order valence-corrected chi connectivity index (χ3v) is 5.53. The van der Waals surface area contributed by atoms with Crippen LogP contribution in [0.15, 0.2) is 23.3 Å². The van der Waals surface area contributed by atoms with E-state index in [1.54, 1.807) is 6.20 Å². The number of nitrogens with zero attached hydrogens (tertiary/aromatic N) is 2. The van der Waals surface area contributed by atoms with Gasteiger partial charge in [-0.05, 0) is 51.0 Å². The van der Waals surface area contributed by atoms with Gasteiger partial charge in [0.25, 0.3) is 0 Å². The molecule has 3 heterocycles. The predicted octanol–water partition coefficient (Wildman–Crippen LogP) is 2.39. The second-order valence-electron chi connectivity index (χ2n) is 7.28. The van der Waals surface area contributed by atoms with Crippen LogP contribution in [0, 0.1) is 0 Å². The van der Waals surface area contributed by atoms with Crippen molar-refractivity contribution < 1.29 is 9.47 Å². The number of nitrogens with one attached hydrogen (secondary N) is 2. The summed E-state index contributed by atoms with van der Waals surface area (Å²) in [6, 6.07) is 4.39. The Morgan fingerprint density at radius 2 is 2.20 bits per heavy atom. The molecule has 0 spiro atoms. The Kier molecular flexibility index (Phi) is 5.06. The summed E-state index contributed by atoms with van der Waals surface area (Å²) >= 11 is 0. The van der Waals surface area contributed by atoms with Crippen LogP contribution in [0.2, 0.25) is 0 Å². The molecule has 6 heteroatoms. The van der Waals surface area contributed by atoms with Gasteiger partial charge in [-0.1, -0.05) is 6.07 Å². The lowest BCUT2D eigenvalue weighted by molar-refractivity contribution is 0.0992. The summed E-state index contributed by atoms with van der Waals surface area (Å²) in [6.45, 7) is 0.650. The van der Waals surface area contributed by atoms with Crippen molar-refractivity contribution >= 4 is 5.96 Å². The molecule has 1 saturated carbocycles. The molecule has 1 aromatic heterocycles. The molecule has 25 heavy (non-hydrogen) atoms. The number of ether oxygens (including phenoxy) is 2. The minimum Gasteiger partial charge on any atom is -0.474 e.